The number of benzene rings is 2. The Balaban J connectivity index is 1.37. The Labute approximate surface area is 171 Å². The zero-order valence-electron chi connectivity index (χ0n) is 16.5. The first-order valence-corrected chi connectivity index (χ1v) is 10.4. The highest BCUT2D eigenvalue weighted by Gasteiger charge is 2.30. The van der Waals surface area contributed by atoms with Crippen LogP contribution in [0.5, 0.6) is 0 Å². The topological polar surface area (TPSA) is 66.8 Å². The van der Waals surface area contributed by atoms with Crippen LogP contribution in [0, 0.1) is 5.92 Å². The van der Waals surface area contributed by atoms with Crippen LogP contribution in [-0.2, 0) is 9.53 Å². The van der Waals surface area contributed by atoms with Crippen molar-refractivity contribution in [1.82, 2.24) is 4.90 Å². The number of hydrogen-bond donors (Lipinski definition) is 1. The van der Waals surface area contributed by atoms with Gasteiger partial charge in [-0.05, 0) is 53.9 Å². The molecule has 152 valence electrons. The maximum absolute atomic E-state index is 12.7. The van der Waals surface area contributed by atoms with Crippen molar-refractivity contribution in [2.24, 2.45) is 5.92 Å². The number of carboxylic acid groups (broad SMARTS) is 1. The number of carbonyl (C=O) groups excluding carboxylic acids is 1. The van der Waals surface area contributed by atoms with Crippen LogP contribution in [0.25, 0.3) is 11.1 Å². The van der Waals surface area contributed by atoms with Crippen LogP contribution in [0.1, 0.15) is 49.1 Å². The van der Waals surface area contributed by atoms with E-state index in [4.69, 9.17) is 9.84 Å². The number of carboxylic acids is 1. The normalized spacial score (nSPS) is 18.2. The maximum atomic E-state index is 12.7. The van der Waals surface area contributed by atoms with Gasteiger partial charge in [-0.3, -0.25) is 4.79 Å². The van der Waals surface area contributed by atoms with Crippen LogP contribution in [-0.4, -0.2) is 41.8 Å². The number of ether oxygens (including phenoxy) is 1. The Morgan fingerprint density at radius 2 is 1.69 bits per heavy atom. The third-order valence-electron chi connectivity index (χ3n) is 6.12. The van der Waals surface area contributed by atoms with E-state index in [9.17, 15) is 9.59 Å². The van der Waals surface area contributed by atoms with E-state index in [0.717, 1.165) is 19.3 Å². The van der Waals surface area contributed by atoms with Crippen molar-refractivity contribution < 1.29 is 19.4 Å². The van der Waals surface area contributed by atoms with Gasteiger partial charge in [-0.1, -0.05) is 48.5 Å². The van der Waals surface area contributed by atoms with Gasteiger partial charge in [-0.25, -0.2) is 4.79 Å². The minimum atomic E-state index is -0.755. The summed E-state index contributed by atoms with van der Waals surface area (Å²) in [5, 5.41) is 8.81. The fourth-order valence-electron chi connectivity index (χ4n) is 4.69. The van der Waals surface area contributed by atoms with Gasteiger partial charge in [-0.2, -0.15) is 0 Å². The Bertz CT molecular complexity index is 848. The summed E-state index contributed by atoms with van der Waals surface area (Å²) in [6, 6.07) is 16.6. The molecule has 0 saturated carbocycles. The number of hydrogen-bond acceptors (Lipinski definition) is 3. The molecule has 5 heteroatoms. The van der Waals surface area contributed by atoms with Gasteiger partial charge >= 0.3 is 12.1 Å². The molecular formula is C24H27NO4. The van der Waals surface area contributed by atoms with Crippen molar-refractivity contribution in [2.75, 3.05) is 19.7 Å². The van der Waals surface area contributed by atoms with Crippen LogP contribution in [0.3, 0.4) is 0 Å². The highest BCUT2D eigenvalue weighted by molar-refractivity contribution is 5.79. The van der Waals surface area contributed by atoms with E-state index in [1.165, 1.54) is 22.3 Å². The number of aliphatic carboxylic acids is 1. The Morgan fingerprint density at radius 3 is 2.34 bits per heavy atom. The molecule has 0 spiro atoms. The summed E-state index contributed by atoms with van der Waals surface area (Å²) < 4.78 is 5.76. The van der Waals surface area contributed by atoms with Crippen LogP contribution in [0.4, 0.5) is 4.79 Å². The first-order valence-electron chi connectivity index (χ1n) is 10.4. The molecular weight excluding hydrogens is 366 g/mol. The smallest absolute Gasteiger partial charge is 0.409 e. The van der Waals surface area contributed by atoms with Crippen molar-refractivity contribution in [2.45, 2.75) is 38.0 Å². The highest BCUT2D eigenvalue weighted by atomic mass is 16.6. The second-order valence-electron chi connectivity index (χ2n) is 8.04. The van der Waals surface area contributed by atoms with Gasteiger partial charge in [0.25, 0.3) is 0 Å². The fraction of sp³-hybridized carbons (Fsp3) is 0.417. The molecule has 1 amide bonds. The van der Waals surface area contributed by atoms with Gasteiger partial charge in [0.05, 0.1) is 0 Å². The molecule has 29 heavy (non-hydrogen) atoms. The van der Waals surface area contributed by atoms with Gasteiger partial charge in [0.15, 0.2) is 0 Å². The molecule has 1 saturated heterocycles. The molecule has 1 aliphatic carbocycles. The number of rotatable bonds is 6. The molecule has 1 fully saturated rings. The number of amides is 1. The summed E-state index contributed by atoms with van der Waals surface area (Å²) in [6.45, 7) is 1.72. The first-order chi connectivity index (χ1) is 14.1. The van der Waals surface area contributed by atoms with E-state index < -0.39 is 5.97 Å². The summed E-state index contributed by atoms with van der Waals surface area (Å²) in [5.74, 6) is -0.319. The second-order valence-corrected chi connectivity index (χ2v) is 8.04. The molecule has 1 atom stereocenters. The van der Waals surface area contributed by atoms with Gasteiger partial charge in [-0.15, -0.1) is 0 Å². The molecule has 1 aliphatic heterocycles. The summed E-state index contributed by atoms with van der Waals surface area (Å²) >= 11 is 0. The molecule has 5 nitrogen and oxygen atoms in total. The van der Waals surface area contributed by atoms with E-state index in [2.05, 4.69) is 24.3 Å². The van der Waals surface area contributed by atoms with E-state index in [1.54, 1.807) is 4.90 Å². The Kier molecular flexibility index (Phi) is 5.84. The van der Waals surface area contributed by atoms with Gasteiger partial charge in [0.1, 0.15) is 6.61 Å². The number of nitrogens with zero attached hydrogens (tertiary/aromatic N) is 1. The lowest BCUT2D eigenvalue weighted by atomic mass is 9.93. The Morgan fingerprint density at radius 1 is 1.03 bits per heavy atom. The predicted molar refractivity (Wildman–Crippen MR) is 111 cm³/mol. The quantitative estimate of drug-likeness (QED) is 0.758. The summed E-state index contributed by atoms with van der Waals surface area (Å²) in [6.07, 6.45) is 3.45. The highest BCUT2D eigenvalue weighted by Crippen LogP contribution is 2.44. The van der Waals surface area contributed by atoms with Gasteiger partial charge < -0.3 is 14.7 Å². The number of piperidine rings is 1. The lowest BCUT2D eigenvalue weighted by Gasteiger charge is -2.32. The van der Waals surface area contributed by atoms with E-state index >= 15 is 0 Å². The van der Waals surface area contributed by atoms with Crippen LogP contribution < -0.4 is 0 Å². The molecule has 1 N–H and O–H groups in total. The molecule has 0 unspecified atom stereocenters. The van der Waals surface area contributed by atoms with Gasteiger partial charge in [0, 0.05) is 25.4 Å². The van der Waals surface area contributed by atoms with Crippen molar-refractivity contribution in [3.05, 3.63) is 59.7 Å². The zero-order chi connectivity index (χ0) is 20.2. The minimum absolute atomic E-state index is 0.0718. The molecule has 0 aromatic heterocycles. The standard InChI is InChI=1S/C24H27NO4/c26-23(27)13-5-7-17-8-6-14-25(15-17)24(28)29-16-22-20-11-3-1-9-18(20)19-10-2-4-12-21(19)22/h1-4,9-12,17,22H,5-8,13-16H2,(H,26,27)/t17-/m0/s1. The first kappa shape index (κ1) is 19.5. The molecule has 2 aliphatic rings. The zero-order valence-corrected chi connectivity index (χ0v) is 16.5. The average molecular weight is 393 g/mol. The molecule has 2 aromatic carbocycles. The summed E-state index contributed by atoms with van der Waals surface area (Å²) in [7, 11) is 0. The molecule has 0 bridgehead atoms. The van der Waals surface area contributed by atoms with Crippen molar-refractivity contribution in [3.8, 4) is 11.1 Å². The largest absolute Gasteiger partial charge is 0.481 e. The minimum Gasteiger partial charge on any atom is -0.481 e. The monoisotopic (exact) mass is 393 g/mol. The number of carbonyl (C=O) groups is 2. The predicted octanol–water partition coefficient (Wildman–Crippen LogP) is 4.90. The van der Waals surface area contributed by atoms with E-state index in [1.807, 2.05) is 24.3 Å². The summed E-state index contributed by atoms with van der Waals surface area (Å²) in [5.41, 5.74) is 4.87. The van der Waals surface area contributed by atoms with Gasteiger partial charge in [0.2, 0.25) is 0 Å². The van der Waals surface area contributed by atoms with Crippen LogP contribution >= 0.6 is 0 Å². The van der Waals surface area contributed by atoms with Crippen molar-refractivity contribution >= 4 is 12.1 Å². The van der Waals surface area contributed by atoms with Crippen LogP contribution in [0.2, 0.25) is 0 Å². The lowest BCUT2D eigenvalue weighted by molar-refractivity contribution is -0.137. The molecule has 2 aromatic rings. The number of fused-ring (bicyclic) bond motifs is 3. The fourth-order valence-corrected chi connectivity index (χ4v) is 4.69. The van der Waals surface area contributed by atoms with Crippen molar-refractivity contribution in [1.29, 1.82) is 0 Å². The molecule has 1 heterocycles. The average Bonchev–Trinajstić information content (AvgIpc) is 3.06. The molecule has 4 rings (SSSR count). The summed E-state index contributed by atoms with van der Waals surface area (Å²) in [4.78, 5) is 25.2. The van der Waals surface area contributed by atoms with Crippen LogP contribution in [0.15, 0.2) is 48.5 Å². The number of likely N-dealkylation sites (tertiary alicyclic amines) is 1. The Hall–Kier alpha value is -2.82. The van der Waals surface area contributed by atoms with E-state index in [-0.39, 0.29) is 18.4 Å². The lowest BCUT2D eigenvalue weighted by Crippen LogP contribution is -2.40. The van der Waals surface area contributed by atoms with E-state index in [0.29, 0.717) is 32.0 Å². The second kappa shape index (κ2) is 8.68. The third kappa shape index (κ3) is 4.29. The van der Waals surface area contributed by atoms with Crippen molar-refractivity contribution in [3.63, 3.8) is 0 Å². The third-order valence-corrected chi connectivity index (χ3v) is 6.12. The maximum Gasteiger partial charge on any atom is 0.409 e. The SMILES string of the molecule is O=C(O)CCC[C@H]1CCCN(C(=O)OCC2c3ccccc3-c3ccccc32)C1. The molecule has 0 radical (unpaired) electrons.